The van der Waals surface area contributed by atoms with E-state index in [2.05, 4.69) is 32.7 Å². The molecular formula is C29H28ClFN8O4. The van der Waals surface area contributed by atoms with Crippen molar-refractivity contribution in [3.05, 3.63) is 53.6 Å². The Morgan fingerprint density at radius 2 is 2.00 bits per heavy atom. The van der Waals surface area contributed by atoms with Gasteiger partial charge in [0.05, 0.1) is 22.8 Å². The van der Waals surface area contributed by atoms with Crippen molar-refractivity contribution in [2.24, 2.45) is 0 Å². The Labute approximate surface area is 251 Å². The number of hydrogen-bond acceptors (Lipinski definition) is 10. The van der Waals surface area contributed by atoms with Crippen LogP contribution < -0.4 is 14.4 Å². The van der Waals surface area contributed by atoms with E-state index in [1.165, 1.54) is 24.5 Å². The second-order valence-corrected chi connectivity index (χ2v) is 10.7. The van der Waals surface area contributed by atoms with Crippen molar-refractivity contribution in [3.63, 3.8) is 0 Å². The monoisotopic (exact) mass is 606 g/mol. The Bertz CT molecular complexity index is 1770. The first kappa shape index (κ1) is 28.6. The molecule has 0 radical (unpaired) electrons. The molecule has 0 aliphatic carbocycles. The summed E-state index contributed by atoms with van der Waals surface area (Å²) < 4.78 is 32.9. The van der Waals surface area contributed by atoms with Crippen LogP contribution in [0, 0.1) is 17.1 Å². The number of ether oxygens (including phenoxy) is 3. The first-order valence-corrected chi connectivity index (χ1v) is 14.0. The SMILES string of the molecule is C=CC(=O)N1CCN(c2c(C#N)c(O[C@H]3CN(C)C[C@@H]3OC)nc3c(Oc4c(Cl)c(F)cc5[nH]ncc45)nccc23)CC1. The van der Waals surface area contributed by atoms with Crippen molar-refractivity contribution < 1.29 is 23.4 Å². The molecule has 2 aliphatic rings. The van der Waals surface area contributed by atoms with Crippen molar-refractivity contribution in [2.45, 2.75) is 12.2 Å². The van der Waals surface area contributed by atoms with Gasteiger partial charge in [0.1, 0.15) is 40.2 Å². The molecule has 14 heteroatoms. The van der Waals surface area contributed by atoms with Gasteiger partial charge in [-0.15, -0.1) is 0 Å². The normalized spacial score (nSPS) is 19.1. The highest BCUT2D eigenvalue weighted by Gasteiger charge is 2.35. The molecule has 2 atom stereocenters. The minimum atomic E-state index is -0.694. The molecule has 6 rings (SSSR count). The summed E-state index contributed by atoms with van der Waals surface area (Å²) in [4.78, 5) is 27.2. The second-order valence-electron chi connectivity index (χ2n) is 10.4. The lowest BCUT2D eigenvalue weighted by Crippen LogP contribution is -2.48. The number of carbonyl (C=O) groups excluding carboxylic acids is 1. The lowest BCUT2D eigenvalue weighted by molar-refractivity contribution is -0.126. The first-order valence-electron chi connectivity index (χ1n) is 13.6. The van der Waals surface area contributed by atoms with Gasteiger partial charge in [0.25, 0.3) is 0 Å². The molecule has 2 aliphatic heterocycles. The molecule has 1 N–H and O–H groups in total. The zero-order valence-electron chi connectivity index (χ0n) is 23.5. The number of carbonyl (C=O) groups is 1. The van der Waals surface area contributed by atoms with Crippen LogP contribution in [0.5, 0.6) is 17.5 Å². The van der Waals surface area contributed by atoms with Crippen LogP contribution in [0.3, 0.4) is 0 Å². The van der Waals surface area contributed by atoms with Gasteiger partial charge in [-0.25, -0.2) is 14.4 Å². The third-order valence-corrected chi connectivity index (χ3v) is 8.11. The second kappa shape index (κ2) is 11.6. The van der Waals surface area contributed by atoms with Crippen molar-refractivity contribution in [1.82, 2.24) is 30.0 Å². The largest absolute Gasteiger partial charge is 0.469 e. The predicted octanol–water partition coefficient (Wildman–Crippen LogP) is 3.50. The van der Waals surface area contributed by atoms with E-state index in [4.69, 9.17) is 30.8 Å². The molecule has 43 heavy (non-hydrogen) atoms. The van der Waals surface area contributed by atoms with Crippen molar-refractivity contribution >= 4 is 45.0 Å². The number of anilines is 1. The first-order chi connectivity index (χ1) is 20.8. The van der Waals surface area contributed by atoms with Gasteiger partial charge in [-0.05, 0) is 19.2 Å². The summed E-state index contributed by atoms with van der Waals surface area (Å²) in [6.07, 6.45) is 3.66. The average Bonchev–Trinajstić information content (AvgIpc) is 3.63. The number of aromatic amines is 1. The van der Waals surface area contributed by atoms with Crippen molar-refractivity contribution in [1.29, 1.82) is 5.26 Å². The summed E-state index contributed by atoms with van der Waals surface area (Å²) >= 11 is 6.35. The van der Waals surface area contributed by atoms with Gasteiger partial charge in [0.2, 0.25) is 17.7 Å². The molecule has 0 spiro atoms. The highest BCUT2D eigenvalue weighted by atomic mass is 35.5. The molecule has 2 fully saturated rings. The number of likely N-dealkylation sites (tertiary alicyclic amines) is 1. The number of methoxy groups -OCH3 is 1. The maximum absolute atomic E-state index is 14.7. The Morgan fingerprint density at radius 1 is 1.23 bits per heavy atom. The number of hydrogen-bond donors (Lipinski definition) is 1. The number of amides is 1. The van der Waals surface area contributed by atoms with Crippen LogP contribution in [0.25, 0.3) is 21.8 Å². The van der Waals surface area contributed by atoms with Crippen LogP contribution in [0.15, 0.2) is 37.2 Å². The van der Waals surface area contributed by atoms with Crippen LogP contribution in [0.2, 0.25) is 5.02 Å². The number of piperazine rings is 1. The molecule has 1 amide bonds. The zero-order valence-corrected chi connectivity index (χ0v) is 24.3. The van der Waals surface area contributed by atoms with Crippen LogP contribution in [0.1, 0.15) is 5.56 Å². The summed E-state index contributed by atoms with van der Waals surface area (Å²) in [6.45, 7) is 6.56. The molecule has 2 saturated heterocycles. The maximum Gasteiger partial charge on any atom is 0.246 e. The number of nitrogens with zero attached hydrogens (tertiary/aromatic N) is 7. The maximum atomic E-state index is 14.7. The fraction of sp³-hybridized carbons (Fsp3) is 0.345. The van der Waals surface area contributed by atoms with Gasteiger partial charge in [-0.1, -0.05) is 18.2 Å². The van der Waals surface area contributed by atoms with Gasteiger partial charge in [-0.2, -0.15) is 10.4 Å². The number of rotatable bonds is 7. The van der Waals surface area contributed by atoms with E-state index in [0.29, 0.717) is 61.2 Å². The van der Waals surface area contributed by atoms with Crippen LogP contribution in [-0.2, 0) is 9.53 Å². The number of aromatic nitrogens is 4. The predicted molar refractivity (Wildman–Crippen MR) is 157 cm³/mol. The number of nitriles is 1. The number of pyridine rings is 2. The quantitative estimate of drug-likeness (QED) is 0.312. The number of H-pyrrole nitrogens is 1. The third kappa shape index (κ3) is 5.18. The molecule has 0 bridgehead atoms. The summed E-state index contributed by atoms with van der Waals surface area (Å²) in [5, 5.41) is 17.9. The standard InChI is InChI=1S/C29H28ClFN8O4/c1-4-23(40)38-7-9-39(10-8-38)26-16-5-6-33-29(43-27-18-13-34-36-20(18)11-19(31)24(27)30)25(16)35-28(17(26)12-32)42-22-15-37(2)14-21(22)41-3/h4-6,11,13,21-22H,1,7-10,14-15H2,2-3H3,(H,34,36)/t21-,22-/m0/s1. The summed E-state index contributed by atoms with van der Waals surface area (Å²) in [5.74, 6) is -0.698. The molecule has 4 aromatic rings. The molecule has 222 valence electrons. The van der Waals surface area contributed by atoms with Gasteiger partial charge in [-0.3, -0.25) is 14.8 Å². The van der Waals surface area contributed by atoms with E-state index in [1.807, 2.05) is 11.9 Å². The Hall–Kier alpha value is -4.51. The fourth-order valence-electron chi connectivity index (χ4n) is 5.60. The van der Waals surface area contributed by atoms with E-state index in [9.17, 15) is 14.4 Å². The number of fused-ring (bicyclic) bond motifs is 2. The van der Waals surface area contributed by atoms with E-state index >= 15 is 0 Å². The van der Waals surface area contributed by atoms with Gasteiger partial charge < -0.3 is 24.0 Å². The van der Waals surface area contributed by atoms with E-state index < -0.39 is 11.9 Å². The minimum absolute atomic E-state index is 0.0222. The van der Waals surface area contributed by atoms with E-state index in [-0.39, 0.29) is 45.6 Å². The van der Waals surface area contributed by atoms with E-state index in [0.717, 1.165) is 0 Å². The Balaban J connectivity index is 1.50. The zero-order chi connectivity index (χ0) is 30.2. The van der Waals surface area contributed by atoms with Crippen LogP contribution >= 0.6 is 11.6 Å². The molecule has 0 unspecified atom stereocenters. The summed E-state index contributed by atoms with van der Waals surface area (Å²) in [7, 11) is 3.57. The molecule has 3 aromatic heterocycles. The fourth-order valence-corrected chi connectivity index (χ4v) is 5.80. The summed E-state index contributed by atoms with van der Waals surface area (Å²) in [6, 6.07) is 5.27. The number of nitrogens with one attached hydrogen (secondary N) is 1. The molecule has 0 saturated carbocycles. The Kier molecular flexibility index (Phi) is 7.74. The molecule has 1 aromatic carbocycles. The molecule has 5 heterocycles. The van der Waals surface area contributed by atoms with Crippen molar-refractivity contribution in [2.75, 3.05) is 58.3 Å². The average molecular weight is 607 g/mol. The highest BCUT2D eigenvalue weighted by Crippen LogP contribution is 2.42. The number of likely N-dealkylation sites (N-methyl/N-ethyl adjacent to an activating group) is 1. The highest BCUT2D eigenvalue weighted by molar-refractivity contribution is 6.33. The Morgan fingerprint density at radius 3 is 2.72 bits per heavy atom. The van der Waals surface area contributed by atoms with Crippen molar-refractivity contribution in [3.8, 4) is 23.6 Å². The van der Waals surface area contributed by atoms with Gasteiger partial charge in [0, 0.05) is 64.0 Å². The van der Waals surface area contributed by atoms with Gasteiger partial charge in [0.15, 0.2) is 5.75 Å². The minimum Gasteiger partial charge on any atom is -0.469 e. The van der Waals surface area contributed by atoms with Gasteiger partial charge >= 0.3 is 0 Å². The van der Waals surface area contributed by atoms with E-state index in [1.54, 1.807) is 18.1 Å². The number of halogens is 2. The lowest BCUT2D eigenvalue weighted by Gasteiger charge is -2.36. The topological polar surface area (TPSA) is 133 Å². The smallest absolute Gasteiger partial charge is 0.246 e. The third-order valence-electron chi connectivity index (χ3n) is 7.76. The van der Waals surface area contributed by atoms with Crippen LogP contribution in [-0.4, -0.2) is 102 Å². The lowest BCUT2D eigenvalue weighted by atomic mass is 10.1. The molecular weight excluding hydrogens is 579 g/mol. The summed E-state index contributed by atoms with van der Waals surface area (Å²) in [5.41, 5.74) is 1.48. The van der Waals surface area contributed by atoms with Crippen LogP contribution in [0.4, 0.5) is 10.1 Å². The molecule has 12 nitrogen and oxygen atoms in total. The number of benzene rings is 1.